The van der Waals surface area contributed by atoms with E-state index in [1.165, 1.54) is 0 Å². The van der Waals surface area contributed by atoms with E-state index in [0.29, 0.717) is 0 Å². The molecule has 0 aliphatic rings. The Balaban J connectivity index is 0.00000169. The molecule has 0 amide bonds. The van der Waals surface area contributed by atoms with Gasteiger partial charge in [0.05, 0.1) is 12.1 Å². The molecule has 0 aliphatic heterocycles. The first-order valence-corrected chi connectivity index (χ1v) is 4.37. The lowest BCUT2D eigenvalue weighted by molar-refractivity contribution is 0.192. The van der Waals surface area contributed by atoms with Gasteiger partial charge in [-0.2, -0.15) is 0 Å². The molecule has 0 saturated heterocycles. The zero-order chi connectivity index (χ0) is 9.68. The molecule has 0 saturated carbocycles. The number of halogens is 1. The van der Waals surface area contributed by atoms with Crippen molar-refractivity contribution in [3.05, 3.63) is 48.0 Å². The first-order valence-electron chi connectivity index (χ1n) is 4.37. The van der Waals surface area contributed by atoms with Gasteiger partial charge in [-0.05, 0) is 12.5 Å². The molecule has 0 fully saturated rings. The molecule has 0 spiro atoms. The lowest BCUT2D eigenvalue weighted by Crippen LogP contribution is -2.24. The van der Waals surface area contributed by atoms with E-state index in [-0.39, 0.29) is 18.4 Å². The van der Waals surface area contributed by atoms with Gasteiger partial charge in [-0.25, -0.2) is 0 Å². The SMILES string of the molecule is CC=CC(O)C(N)c1ccccc1.Cl. The van der Waals surface area contributed by atoms with Crippen LogP contribution in [0.25, 0.3) is 0 Å². The highest BCUT2D eigenvalue weighted by atomic mass is 35.5. The van der Waals surface area contributed by atoms with Crippen LogP contribution in [-0.4, -0.2) is 11.2 Å². The Morgan fingerprint density at radius 2 is 1.86 bits per heavy atom. The van der Waals surface area contributed by atoms with Gasteiger partial charge in [-0.1, -0.05) is 42.5 Å². The van der Waals surface area contributed by atoms with Crippen molar-refractivity contribution in [3.8, 4) is 0 Å². The van der Waals surface area contributed by atoms with Crippen LogP contribution in [0.15, 0.2) is 42.5 Å². The molecular weight excluding hydrogens is 198 g/mol. The van der Waals surface area contributed by atoms with E-state index in [0.717, 1.165) is 5.56 Å². The summed E-state index contributed by atoms with van der Waals surface area (Å²) in [7, 11) is 0. The molecule has 2 nitrogen and oxygen atoms in total. The molecule has 0 aromatic heterocycles. The Hall–Kier alpha value is -0.830. The van der Waals surface area contributed by atoms with Crippen molar-refractivity contribution in [1.29, 1.82) is 0 Å². The average Bonchev–Trinajstić information content (AvgIpc) is 2.18. The summed E-state index contributed by atoms with van der Waals surface area (Å²) >= 11 is 0. The normalized spacial score (nSPS) is 14.8. The molecule has 1 aromatic rings. The number of hydrogen-bond donors (Lipinski definition) is 2. The Morgan fingerprint density at radius 1 is 1.29 bits per heavy atom. The van der Waals surface area contributed by atoms with Crippen molar-refractivity contribution >= 4 is 12.4 Å². The minimum Gasteiger partial charge on any atom is -0.387 e. The standard InChI is InChI=1S/C11H15NO.ClH/c1-2-6-10(13)11(12)9-7-4-3-5-8-9;/h2-8,10-11,13H,12H2,1H3;1H. The van der Waals surface area contributed by atoms with Gasteiger partial charge in [0.1, 0.15) is 0 Å². The van der Waals surface area contributed by atoms with Crippen LogP contribution in [0.5, 0.6) is 0 Å². The fourth-order valence-corrected chi connectivity index (χ4v) is 1.19. The number of hydrogen-bond acceptors (Lipinski definition) is 2. The summed E-state index contributed by atoms with van der Waals surface area (Å²) in [6.45, 7) is 1.86. The van der Waals surface area contributed by atoms with Gasteiger partial charge in [-0.3, -0.25) is 0 Å². The molecule has 0 bridgehead atoms. The molecule has 78 valence electrons. The van der Waals surface area contributed by atoms with Gasteiger partial charge in [0.2, 0.25) is 0 Å². The van der Waals surface area contributed by atoms with Crippen molar-refractivity contribution in [2.75, 3.05) is 0 Å². The molecule has 2 atom stereocenters. The van der Waals surface area contributed by atoms with Gasteiger partial charge in [0.25, 0.3) is 0 Å². The van der Waals surface area contributed by atoms with Gasteiger partial charge in [-0.15, -0.1) is 12.4 Å². The number of nitrogens with two attached hydrogens (primary N) is 1. The summed E-state index contributed by atoms with van der Waals surface area (Å²) in [5, 5.41) is 9.56. The number of rotatable bonds is 3. The van der Waals surface area contributed by atoms with E-state index in [4.69, 9.17) is 5.73 Å². The molecule has 0 radical (unpaired) electrons. The maximum Gasteiger partial charge on any atom is 0.0913 e. The van der Waals surface area contributed by atoms with Crippen molar-refractivity contribution in [3.63, 3.8) is 0 Å². The first-order chi connectivity index (χ1) is 6.25. The second-order valence-corrected chi connectivity index (χ2v) is 2.95. The summed E-state index contributed by atoms with van der Waals surface area (Å²) < 4.78 is 0. The molecule has 3 N–H and O–H groups in total. The number of aliphatic hydroxyl groups is 1. The van der Waals surface area contributed by atoms with Gasteiger partial charge in [0.15, 0.2) is 0 Å². The fraction of sp³-hybridized carbons (Fsp3) is 0.273. The number of aliphatic hydroxyl groups excluding tert-OH is 1. The monoisotopic (exact) mass is 213 g/mol. The van der Waals surface area contributed by atoms with E-state index < -0.39 is 6.10 Å². The Kier molecular flexibility index (Phi) is 6.21. The predicted molar refractivity (Wildman–Crippen MR) is 61.4 cm³/mol. The zero-order valence-corrected chi connectivity index (χ0v) is 8.95. The average molecular weight is 214 g/mol. The molecule has 1 rings (SSSR count). The molecule has 2 unspecified atom stereocenters. The number of allylic oxidation sites excluding steroid dienone is 1. The maximum absolute atomic E-state index is 9.56. The second kappa shape index (κ2) is 6.60. The third-order valence-corrected chi connectivity index (χ3v) is 1.94. The summed E-state index contributed by atoms with van der Waals surface area (Å²) in [6, 6.07) is 9.25. The lowest BCUT2D eigenvalue weighted by Gasteiger charge is -2.15. The van der Waals surface area contributed by atoms with Crippen molar-refractivity contribution < 1.29 is 5.11 Å². The summed E-state index contributed by atoms with van der Waals surface area (Å²) in [5.74, 6) is 0. The highest BCUT2D eigenvalue weighted by Crippen LogP contribution is 2.14. The van der Waals surface area contributed by atoms with Crippen LogP contribution in [0.1, 0.15) is 18.5 Å². The highest BCUT2D eigenvalue weighted by molar-refractivity contribution is 5.85. The van der Waals surface area contributed by atoms with Gasteiger partial charge < -0.3 is 10.8 Å². The van der Waals surface area contributed by atoms with E-state index in [9.17, 15) is 5.11 Å². The number of benzene rings is 1. The fourth-order valence-electron chi connectivity index (χ4n) is 1.19. The van der Waals surface area contributed by atoms with E-state index in [1.807, 2.05) is 37.3 Å². The van der Waals surface area contributed by atoms with Crippen molar-refractivity contribution in [1.82, 2.24) is 0 Å². The minimum atomic E-state index is -0.604. The van der Waals surface area contributed by atoms with Crippen LogP contribution >= 0.6 is 12.4 Å². The van der Waals surface area contributed by atoms with Crippen LogP contribution < -0.4 is 5.73 Å². The Bertz CT molecular complexity index is 274. The molecule has 3 heteroatoms. The third-order valence-electron chi connectivity index (χ3n) is 1.94. The topological polar surface area (TPSA) is 46.2 Å². The van der Waals surface area contributed by atoms with Gasteiger partial charge >= 0.3 is 0 Å². The largest absolute Gasteiger partial charge is 0.387 e. The van der Waals surface area contributed by atoms with Gasteiger partial charge in [0, 0.05) is 0 Å². The summed E-state index contributed by atoms with van der Waals surface area (Å²) in [5.41, 5.74) is 6.78. The summed E-state index contributed by atoms with van der Waals surface area (Å²) in [6.07, 6.45) is 2.89. The maximum atomic E-state index is 9.56. The van der Waals surface area contributed by atoms with Crippen LogP contribution in [0.3, 0.4) is 0 Å². The van der Waals surface area contributed by atoms with Crippen LogP contribution in [0, 0.1) is 0 Å². The zero-order valence-electron chi connectivity index (χ0n) is 8.13. The lowest BCUT2D eigenvalue weighted by atomic mass is 10.0. The smallest absolute Gasteiger partial charge is 0.0913 e. The van der Waals surface area contributed by atoms with E-state index in [1.54, 1.807) is 12.2 Å². The highest BCUT2D eigenvalue weighted by Gasteiger charge is 2.12. The van der Waals surface area contributed by atoms with Crippen LogP contribution in [-0.2, 0) is 0 Å². The Morgan fingerprint density at radius 3 is 2.36 bits per heavy atom. The second-order valence-electron chi connectivity index (χ2n) is 2.95. The third kappa shape index (κ3) is 3.50. The Labute approximate surface area is 90.9 Å². The molecule has 14 heavy (non-hydrogen) atoms. The van der Waals surface area contributed by atoms with E-state index >= 15 is 0 Å². The minimum absolute atomic E-state index is 0. The summed E-state index contributed by atoms with van der Waals surface area (Å²) in [4.78, 5) is 0. The molecule has 1 aromatic carbocycles. The molecule has 0 heterocycles. The first kappa shape index (κ1) is 13.2. The predicted octanol–water partition coefficient (Wildman–Crippen LogP) is 2.05. The molecular formula is C11H16ClNO. The molecule has 0 aliphatic carbocycles. The van der Waals surface area contributed by atoms with Crippen molar-refractivity contribution in [2.24, 2.45) is 5.73 Å². The van der Waals surface area contributed by atoms with Crippen molar-refractivity contribution in [2.45, 2.75) is 19.1 Å². The van der Waals surface area contributed by atoms with Crippen LogP contribution in [0.2, 0.25) is 0 Å². The quantitative estimate of drug-likeness (QED) is 0.755. The van der Waals surface area contributed by atoms with Crippen LogP contribution in [0.4, 0.5) is 0 Å². The van der Waals surface area contributed by atoms with E-state index in [2.05, 4.69) is 0 Å².